The van der Waals surface area contributed by atoms with E-state index in [1.54, 1.807) is 48.5 Å². The van der Waals surface area contributed by atoms with Gasteiger partial charge in [0.05, 0.1) is 11.5 Å². The first-order valence-electron chi connectivity index (χ1n) is 9.30. The number of phenolic OH excluding ortho intramolecular Hbond substituents is 2. The Labute approximate surface area is 171 Å². The first-order valence-corrected chi connectivity index (χ1v) is 9.30. The van der Waals surface area contributed by atoms with Crippen molar-refractivity contribution >= 4 is 16.9 Å². The quantitative estimate of drug-likeness (QED) is 0.460. The Morgan fingerprint density at radius 2 is 1.53 bits per heavy atom. The van der Waals surface area contributed by atoms with Crippen LogP contribution in [0.4, 0.5) is 0 Å². The van der Waals surface area contributed by atoms with Crippen LogP contribution in [0, 0.1) is 0 Å². The van der Waals surface area contributed by atoms with Crippen LogP contribution in [0.1, 0.15) is 17.0 Å². The Morgan fingerprint density at radius 3 is 2.17 bits per heavy atom. The molecule has 6 heteroatoms. The van der Waals surface area contributed by atoms with Crippen LogP contribution in [-0.4, -0.2) is 21.3 Å². The first kappa shape index (κ1) is 19.3. The lowest BCUT2D eigenvalue weighted by Crippen LogP contribution is -2.16. The number of aromatic hydroxyl groups is 2. The van der Waals surface area contributed by atoms with E-state index in [1.165, 1.54) is 6.07 Å². The summed E-state index contributed by atoms with van der Waals surface area (Å²) < 4.78 is 5.91. The molecule has 6 nitrogen and oxygen atoms in total. The Morgan fingerprint density at radius 1 is 0.900 bits per heavy atom. The normalized spacial score (nSPS) is 12.0. The molecule has 4 rings (SSSR count). The summed E-state index contributed by atoms with van der Waals surface area (Å²) in [6.45, 7) is 0. The summed E-state index contributed by atoms with van der Waals surface area (Å²) >= 11 is 0. The van der Waals surface area contributed by atoms with Gasteiger partial charge in [-0.3, -0.25) is 9.59 Å². The molecule has 3 aromatic carbocycles. The van der Waals surface area contributed by atoms with Gasteiger partial charge in [0.2, 0.25) is 0 Å². The number of benzene rings is 3. The number of carboxylic acids is 1. The molecule has 1 unspecified atom stereocenters. The summed E-state index contributed by atoms with van der Waals surface area (Å²) in [5.41, 5.74) is 0.640. The minimum atomic E-state index is -1.19. The first-order chi connectivity index (χ1) is 14.5. The van der Waals surface area contributed by atoms with Crippen molar-refractivity contribution in [1.82, 2.24) is 0 Å². The Balaban J connectivity index is 1.99. The van der Waals surface area contributed by atoms with Crippen LogP contribution in [0.5, 0.6) is 11.5 Å². The number of fused-ring (bicyclic) bond motifs is 1. The molecular formula is C24H18O6. The lowest BCUT2D eigenvalue weighted by molar-refractivity contribution is -0.138. The monoisotopic (exact) mass is 402 g/mol. The van der Waals surface area contributed by atoms with Crippen molar-refractivity contribution in [3.05, 3.63) is 94.1 Å². The highest BCUT2D eigenvalue weighted by Gasteiger charge is 2.29. The molecule has 1 aromatic heterocycles. The van der Waals surface area contributed by atoms with Crippen LogP contribution in [0.25, 0.3) is 22.3 Å². The van der Waals surface area contributed by atoms with Crippen LogP contribution >= 0.6 is 0 Å². The summed E-state index contributed by atoms with van der Waals surface area (Å²) in [7, 11) is 0. The third kappa shape index (κ3) is 3.51. The largest absolute Gasteiger partial charge is 0.507 e. The molecule has 0 saturated heterocycles. The van der Waals surface area contributed by atoms with Crippen molar-refractivity contribution in [3.8, 4) is 22.8 Å². The van der Waals surface area contributed by atoms with E-state index in [4.69, 9.17) is 4.42 Å². The van der Waals surface area contributed by atoms with Crippen molar-refractivity contribution in [2.45, 2.75) is 12.3 Å². The topological polar surface area (TPSA) is 108 Å². The molecule has 0 radical (unpaired) electrons. The average molecular weight is 402 g/mol. The highest BCUT2D eigenvalue weighted by molar-refractivity contribution is 5.93. The summed E-state index contributed by atoms with van der Waals surface area (Å²) in [5, 5.41) is 30.6. The third-order valence-electron chi connectivity index (χ3n) is 4.99. The number of rotatable bonds is 5. The van der Waals surface area contributed by atoms with Gasteiger partial charge in [-0.05, 0) is 12.0 Å². The van der Waals surface area contributed by atoms with Gasteiger partial charge in [-0.25, -0.2) is 0 Å². The fourth-order valence-corrected chi connectivity index (χ4v) is 3.57. The van der Waals surface area contributed by atoms with Crippen molar-refractivity contribution in [1.29, 1.82) is 0 Å². The molecule has 30 heavy (non-hydrogen) atoms. The van der Waals surface area contributed by atoms with E-state index in [9.17, 15) is 24.9 Å². The van der Waals surface area contributed by atoms with Gasteiger partial charge in [-0.1, -0.05) is 60.7 Å². The fraction of sp³-hybridized carbons (Fsp3) is 0.0833. The van der Waals surface area contributed by atoms with E-state index < -0.39 is 28.8 Å². The summed E-state index contributed by atoms with van der Waals surface area (Å²) in [6, 6.07) is 20.0. The van der Waals surface area contributed by atoms with Gasteiger partial charge < -0.3 is 19.7 Å². The molecule has 4 aromatic rings. The van der Waals surface area contributed by atoms with E-state index in [0.29, 0.717) is 5.56 Å². The minimum absolute atomic E-state index is 0.0472. The van der Waals surface area contributed by atoms with Gasteiger partial charge in [0.15, 0.2) is 5.43 Å². The standard InChI is InChI=1S/C24H18O6/c25-17-12-18(26)22-19(27)13-20(15-9-5-2-6-10-15)30-23(22)21(17)16(24(28)29)11-14-7-3-1-4-8-14/h1-10,12-13,16,25-26H,11H2,(H,28,29). The van der Waals surface area contributed by atoms with Gasteiger partial charge in [0, 0.05) is 17.7 Å². The number of aliphatic carboxylic acids is 1. The molecule has 3 N–H and O–H groups in total. The number of carboxylic acid groups (broad SMARTS) is 1. The zero-order chi connectivity index (χ0) is 21.3. The molecule has 1 atom stereocenters. The van der Waals surface area contributed by atoms with E-state index in [2.05, 4.69) is 0 Å². The smallest absolute Gasteiger partial charge is 0.311 e. The average Bonchev–Trinajstić information content (AvgIpc) is 2.73. The molecule has 0 bridgehead atoms. The fourth-order valence-electron chi connectivity index (χ4n) is 3.57. The molecule has 0 aliphatic rings. The van der Waals surface area contributed by atoms with Crippen molar-refractivity contribution in [2.24, 2.45) is 0 Å². The molecule has 0 spiro atoms. The van der Waals surface area contributed by atoms with Crippen LogP contribution in [-0.2, 0) is 11.2 Å². The van der Waals surface area contributed by atoms with Crippen molar-refractivity contribution < 1.29 is 24.5 Å². The molecular weight excluding hydrogens is 384 g/mol. The second-order valence-electron chi connectivity index (χ2n) is 6.95. The van der Waals surface area contributed by atoms with Gasteiger partial charge in [-0.2, -0.15) is 0 Å². The van der Waals surface area contributed by atoms with Gasteiger partial charge in [0.25, 0.3) is 0 Å². The molecule has 0 aliphatic carbocycles. The van der Waals surface area contributed by atoms with E-state index in [0.717, 1.165) is 11.6 Å². The predicted octanol–water partition coefficient (Wildman–Crippen LogP) is 4.28. The summed E-state index contributed by atoms with van der Waals surface area (Å²) in [5.74, 6) is -3.08. The zero-order valence-corrected chi connectivity index (χ0v) is 15.8. The van der Waals surface area contributed by atoms with Crippen molar-refractivity contribution in [2.75, 3.05) is 0 Å². The molecule has 0 aliphatic heterocycles. The van der Waals surface area contributed by atoms with Crippen LogP contribution in [0.15, 0.2) is 82.0 Å². The number of carbonyl (C=O) groups is 1. The lowest BCUT2D eigenvalue weighted by Gasteiger charge is -2.17. The Kier molecular flexibility index (Phi) is 4.98. The lowest BCUT2D eigenvalue weighted by atomic mass is 9.89. The predicted molar refractivity (Wildman–Crippen MR) is 112 cm³/mol. The van der Waals surface area contributed by atoms with Crippen LogP contribution < -0.4 is 5.43 Å². The number of hydrogen-bond acceptors (Lipinski definition) is 5. The molecule has 0 fully saturated rings. The summed E-state index contributed by atoms with van der Waals surface area (Å²) in [4.78, 5) is 24.9. The van der Waals surface area contributed by atoms with Crippen molar-refractivity contribution in [3.63, 3.8) is 0 Å². The maximum absolute atomic E-state index is 12.8. The van der Waals surface area contributed by atoms with E-state index >= 15 is 0 Å². The second-order valence-corrected chi connectivity index (χ2v) is 6.95. The number of phenols is 2. The van der Waals surface area contributed by atoms with Gasteiger partial charge in [-0.15, -0.1) is 0 Å². The molecule has 0 amide bonds. The highest BCUT2D eigenvalue weighted by Crippen LogP contribution is 2.40. The second kappa shape index (κ2) is 7.75. The van der Waals surface area contributed by atoms with Gasteiger partial charge >= 0.3 is 5.97 Å². The van der Waals surface area contributed by atoms with Crippen LogP contribution in [0.3, 0.4) is 0 Å². The SMILES string of the molecule is O=C(O)C(Cc1ccccc1)c1c(O)cc(O)c2c(=O)cc(-c3ccccc3)oc12. The maximum Gasteiger partial charge on any atom is 0.311 e. The zero-order valence-electron chi connectivity index (χ0n) is 15.8. The van der Waals surface area contributed by atoms with E-state index in [1.807, 2.05) is 12.1 Å². The Hall–Kier alpha value is -4.06. The maximum atomic E-state index is 12.8. The third-order valence-corrected chi connectivity index (χ3v) is 4.99. The molecule has 150 valence electrons. The van der Waals surface area contributed by atoms with Gasteiger partial charge in [0.1, 0.15) is 28.2 Å². The highest BCUT2D eigenvalue weighted by atomic mass is 16.4. The number of hydrogen-bond donors (Lipinski definition) is 3. The molecule has 1 heterocycles. The van der Waals surface area contributed by atoms with Crippen LogP contribution in [0.2, 0.25) is 0 Å². The van der Waals surface area contributed by atoms with E-state index in [-0.39, 0.29) is 28.7 Å². The Bertz CT molecular complexity index is 1280. The summed E-state index contributed by atoms with van der Waals surface area (Å²) in [6.07, 6.45) is 0.0723. The minimum Gasteiger partial charge on any atom is -0.507 e. The molecule has 0 saturated carbocycles.